The quantitative estimate of drug-likeness (QED) is 0.823. The third-order valence-corrected chi connectivity index (χ3v) is 5.75. The van der Waals surface area contributed by atoms with Crippen molar-refractivity contribution in [3.05, 3.63) is 63.5 Å². The number of hydrogen-bond donors (Lipinski definition) is 1. The van der Waals surface area contributed by atoms with Gasteiger partial charge in [-0.05, 0) is 36.5 Å². The van der Waals surface area contributed by atoms with E-state index < -0.39 is 5.41 Å². The number of nitrogens with zero attached hydrogens (tertiary/aromatic N) is 1. The second-order valence-electron chi connectivity index (χ2n) is 7.99. The van der Waals surface area contributed by atoms with Gasteiger partial charge in [-0.2, -0.15) is 5.10 Å². The third kappa shape index (κ3) is 2.18. The van der Waals surface area contributed by atoms with Crippen LogP contribution in [0.1, 0.15) is 50.4 Å². The number of carbonyl (C=O) groups is 1. The van der Waals surface area contributed by atoms with Gasteiger partial charge in [0.05, 0.1) is 6.20 Å². The minimum Gasteiger partial charge on any atom is -0.294 e. The highest BCUT2D eigenvalue weighted by molar-refractivity contribution is 6.30. The van der Waals surface area contributed by atoms with Gasteiger partial charge in [0.2, 0.25) is 0 Å². The summed E-state index contributed by atoms with van der Waals surface area (Å²) in [6.45, 7) is 6.49. The van der Waals surface area contributed by atoms with Crippen LogP contribution in [0.15, 0.2) is 41.6 Å². The summed E-state index contributed by atoms with van der Waals surface area (Å²) in [6, 6.07) is 7.86. The number of benzene rings is 1. The van der Waals surface area contributed by atoms with Gasteiger partial charge in [-0.25, -0.2) is 0 Å². The molecule has 0 spiro atoms. The minimum atomic E-state index is -0.492. The molecule has 1 heterocycles. The summed E-state index contributed by atoms with van der Waals surface area (Å²) in [5, 5.41) is 8.10. The Kier molecular flexibility index (Phi) is 3.30. The summed E-state index contributed by atoms with van der Waals surface area (Å²) >= 11 is 6.26. The van der Waals surface area contributed by atoms with Crippen LogP contribution in [0.5, 0.6) is 0 Å². The molecule has 1 N–H and O–H groups in total. The van der Waals surface area contributed by atoms with Crippen LogP contribution >= 0.6 is 11.6 Å². The molecule has 0 saturated carbocycles. The standard InChI is InChI=1S/C20H21ClN2O/c1-19(2)9-12-7-16-15(11-22-23-16)20(3,18(12)17(24)10-19)13-5-4-6-14(21)8-13/h4-6,8,11H,7,9-10H2,1-3H3,(H,22,23)/t20-/m1/s1. The van der Waals surface area contributed by atoms with Crippen molar-refractivity contribution in [2.75, 3.05) is 0 Å². The van der Waals surface area contributed by atoms with Gasteiger partial charge in [-0.1, -0.05) is 43.2 Å². The van der Waals surface area contributed by atoms with Crippen LogP contribution in [0.2, 0.25) is 5.02 Å². The van der Waals surface area contributed by atoms with E-state index in [1.54, 1.807) is 0 Å². The number of allylic oxidation sites excluding steroid dienone is 2. The van der Waals surface area contributed by atoms with Crippen molar-refractivity contribution in [2.24, 2.45) is 5.41 Å². The Bertz CT molecular complexity index is 877. The number of aromatic nitrogens is 2. The average Bonchev–Trinajstić information content (AvgIpc) is 2.94. The number of aromatic amines is 1. The van der Waals surface area contributed by atoms with Gasteiger partial charge in [0, 0.05) is 40.1 Å². The molecule has 0 radical (unpaired) electrons. The van der Waals surface area contributed by atoms with Gasteiger partial charge in [-0.3, -0.25) is 9.89 Å². The maximum atomic E-state index is 13.1. The molecule has 24 heavy (non-hydrogen) atoms. The first-order chi connectivity index (χ1) is 11.3. The van der Waals surface area contributed by atoms with Gasteiger partial charge >= 0.3 is 0 Å². The summed E-state index contributed by atoms with van der Waals surface area (Å²) in [7, 11) is 0. The molecule has 4 heteroatoms. The fourth-order valence-electron chi connectivity index (χ4n) is 4.56. The number of carbonyl (C=O) groups excluding carboxylic acids is 1. The zero-order chi connectivity index (χ0) is 17.1. The molecule has 0 saturated heterocycles. The topological polar surface area (TPSA) is 45.8 Å². The first-order valence-corrected chi connectivity index (χ1v) is 8.73. The van der Waals surface area contributed by atoms with E-state index >= 15 is 0 Å². The lowest BCUT2D eigenvalue weighted by Gasteiger charge is -2.43. The molecular weight excluding hydrogens is 320 g/mol. The predicted octanol–water partition coefficient (Wildman–Crippen LogP) is 4.61. The molecule has 2 aliphatic rings. The molecule has 2 aliphatic carbocycles. The lowest BCUT2D eigenvalue weighted by Crippen LogP contribution is -2.40. The van der Waals surface area contributed by atoms with E-state index in [0.29, 0.717) is 11.4 Å². The summed E-state index contributed by atoms with van der Waals surface area (Å²) in [5.41, 5.74) is 4.99. The lowest BCUT2D eigenvalue weighted by atomic mass is 9.59. The van der Waals surface area contributed by atoms with Crippen molar-refractivity contribution >= 4 is 17.4 Å². The van der Waals surface area contributed by atoms with Crippen LogP contribution in [-0.4, -0.2) is 16.0 Å². The Morgan fingerprint density at radius 1 is 1.21 bits per heavy atom. The smallest absolute Gasteiger partial charge is 0.160 e. The molecule has 0 bridgehead atoms. The molecule has 0 fully saturated rings. The van der Waals surface area contributed by atoms with Gasteiger partial charge in [-0.15, -0.1) is 0 Å². The highest BCUT2D eigenvalue weighted by atomic mass is 35.5. The maximum absolute atomic E-state index is 13.1. The molecule has 1 atom stereocenters. The van der Waals surface area contributed by atoms with Gasteiger partial charge in [0.1, 0.15) is 0 Å². The monoisotopic (exact) mass is 340 g/mol. The Hall–Kier alpha value is -1.87. The minimum absolute atomic E-state index is 0.0166. The SMILES string of the molecule is CC1(C)CC(=O)C2=C(Cc3[nH]ncc3[C@@]2(C)c2cccc(Cl)c2)C1. The number of nitrogens with one attached hydrogen (secondary N) is 1. The van der Waals surface area contributed by atoms with E-state index in [4.69, 9.17) is 11.6 Å². The van der Waals surface area contributed by atoms with E-state index in [-0.39, 0.29) is 11.2 Å². The van der Waals surface area contributed by atoms with Crippen molar-refractivity contribution in [2.45, 2.75) is 45.4 Å². The highest BCUT2D eigenvalue weighted by Crippen LogP contribution is 2.51. The van der Waals surface area contributed by atoms with E-state index in [1.807, 2.05) is 24.4 Å². The van der Waals surface area contributed by atoms with E-state index in [9.17, 15) is 4.79 Å². The Labute approximate surface area is 147 Å². The summed E-state index contributed by atoms with van der Waals surface area (Å²) in [6.07, 6.45) is 4.20. The van der Waals surface area contributed by atoms with Crippen LogP contribution in [0.3, 0.4) is 0 Å². The zero-order valence-electron chi connectivity index (χ0n) is 14.2. The number of halogens is 1. The largest absolute Gasteiger partial charge is 0.294 e. The van der Waals surface area contributed by atoms with Crippen molar-refractivity contribution in [3.8, 4) is 0 Å². The van der Waals surface area contributed by atoms with Crippen LogP contribution in [0.25, 0.3) is 0 Å². The molecule has 1 aromatic carbocycles. The van der Waals surface area contributed by atoms with Crippen molar-refractivity contribution in [3.63, 3.8) is 0 Å². The van der Waals surface area contributed by atoms with Crippen LogP contribution in [0, 0.1) is 5.41 Å². The number of fused-ring (bicyclic) bond motifs is 1. The zero-order valence-corrected chi connectivity index (χ0v) is 15.0. The molecule has 0 aliphatic heterocycles. The van der Waals surface area contributed by atoms with Crippen LogP contribution in [0.4, 0.5) is 0 Å². The van der Waals surface area contributed by atoms with Gasteiger partial charge < -0.3 is 0 Å². The Morgan fingerprint density at radius 3 is 2.75 bits per heavy atom. The molecular formula is C20H21ClN2O. The van der Waals surface area contributed by atoms with Gasteiger partial charge in [0.25, 0.3) is 0 Å². The first kappa shape index (κ1) is 15.6. The number of Topliss-reactive ketones (excluding diaryl/α,β-unsaturated/α-hetero) is 1. The molecule has 2 aromatic rings. The van der Waals surface area contributed by atoms with E-state index in [2.05, 4.69) is 37.0 Å². The molecule has 4 rings (SSSR count). The van der Waals surface area contributed by atoms with Crippen molar-refractivity contribution in [1.29, 1.82) is 0 Å². The molecule has 3 nitrogen and oxygen atoms in total. The van der Waals surface area contributed by atoms with E-state index in [0.717, 1.165) is 35.2 Å². The lowest BCUT2D eigenvalue weighted by molar-refractivity contribution is -0.118. The predicted molar refractivity (Wildman–Crippen MR) is 95.2 cm³/mol. The first-order valence-electron chi connectivity index (χ1n) is 8.36. The van der Waals surface area contributed by atoms with Crippen molar-refractivity contribution < 1.29 is 4.79 Å². The normalized spacial score (nSPS) is 25.4. The molecule has 0 unspecified atom stereocenters. The summed E-state index contributed by atoms with van der Waals surface area (Å²) in [4.78, 5) is 13.1. The highest BCUT2D eigenvalue weighted by Gasteiger charge is 2.47. The van der Waals surface area contributed by atoms with E-state index in [1.165, 1.54) is 5.57 Å². The fraction of sp³-hybridized carbons (Fsp3) is 0.400. The molecule has 0 amide bonds. The third-order valence-electron chi connectivity index (χ3n) is 5.51. The Balaban J connectivity index is 2.00. The molecule has 1 aromatic heterocycles. The average molecular weight is 341 g/mol. The molecule has 124 valence electrons. The number of H-pyrrole nitrogens is 1. The van der Waals surface area contributed by atoms with Gasteiger partial charge in [0.15, 0.2) is 5.78 Å². The number of ketones is 1. The van der Waals surface area contributed by atoms with Crippen LogP contribution < -0.4 is 0 Å². The maximum Gasteiger partial charge on any atom is 0.160 e. The second-order valence-corrected chi connectivity index (χ2v) is 8.43. The summed E-state index contributed by atoms with van der Waals surface area (Å²) in [5.74, 6) is 0.260. The summed E-state index contributed by atoms with van der Waals surface area (Å²) < 4.78 is 0. The number of rotatable bonds is 1. The number of hydrogen-bond acceptors (Lipinski definition) is 2. The second kappa shape index (κ2) is 5.06. The fourth-order valence-corrected chi connectivity index (χ4v) is 4.75. The Morgan fingerprint density at radius 2 is 2.00 bits per heavy atom. The van der Waals surface area contributed by atoms with Crippen LogP contribution in [-0.2, 0) is 16.6 Å². The van der Waals surface area contributed by atoms with Crippen molar-refractivity contribution in [1.82, 2.24) is 10.2 Å².